The summed E-state index contributed by atoms with van der Waals surface area (Å²) in [5, 5.41) is 9.63. The van der Waals surface area contributed by atoms with E-state index in [1.54, 1.807) is 41.3 Å². The molecule has 6 nitrogen and oxygen atoms in total. The van der Waals surface area contributed by atoms with E-state index >= 15 is 0 Å². The summed E-state index contributed by atoms with van der Waals surface area (Å²) in [4.78, 5) is 37.4. The van der Waals surface area contributed by atoms with Crippen molar-refractivity contribution in [1.82, 2.24) is 4.90 Å². The molecule has 27 heavy (non-hydrogen) atoms. The first-order chi connectivity index (χ1) is 12.7. The fourth-order valence-electron chi connectivity index (χ4n) is 3.53. The van der Waals surface area contributed by atoms with Crippen molar-refractivity contribution in [2.24, 2.45) is 11.3 Å². The molecule has 1 aromatic heterocycles. The van der Waals surface area contributed by atoms with Crippen molar-refractivity contribution >= 4 is 17.7 Å². The minimum absolute atomic E-state index is 0.0158. The molecule has 1 atom stereocenters. The van der Waals surface area contributed by atoms with Crippen LogP contribution in [0.3, 0.4) is 0 Å². The Labute approximate surface area is 157 Å². The van der Waals surface area contributed by atoms with Gasteiger partial charge in [0.15, 0.2) is 11.5 Å². The zero-order chi connectivity index (χ0) is 19.8. The number of hydrogen-bond donors (Lipinski definition) is 1. The van der Waals surface area contributed by atoms with Gasteiger partial charge in [-0.3, -0.25) is 14.4 Å². The molecule has 0 spiro atoms. The number of ketones is 1. The van der Waals surface area contributed by atoms with Crippen LogP contribution in [0.25, 0.3) is 11.3 Å². The van der Waals surface area contributed by atoms with Gasteiger partial charge in [0, 0.05) is 24.2 Å². The summed E-state index contributed by atoms with van der Waals surface area (Å²) in [6, 6.07) is 10.3. The van der Waals surface area contributed by atoms with Crippen molar-refractivity contribution in [3.63, 3.8) is 0 Å². The summed E-state index contributed by atoms with van der Waals surface area (Å²) >= 11 is 0. The van der Waals surface area contributed by atoms with Gasteiger partial charge in [0.05, 0.1) is 5.41 Å². The molecule has 1 aliphatic rings. The Hall–Kier alpha value is -2.89. The number of carboxylic acids is 1. The zero-order valence-corrected chi connectivity index (χ0v) is 15.7. The number of Topliss-reactive ketones (excluding diaryl/α,β-unsaturated/α-hetero) is 1. The molecule has 0 aliphatic carbocycles. The van der Waals surface area contributed by atoms with Gasteiger partial charge in [0.1, 0.15) is 5.76 Å². The van der Waals surface area contributed by atoms with Gasteiger partial charge in [0.2, 0.25) is 0 Å². The molecule has 0 bridgehead atoms. The number of amides is 1. The van der Waals surface area contributed by atoms with E-state index in [1.165, 1.54) is 6.92 Å². The molecule has 142 valence electrons. The number of aliphatic carboxylic acids is 1. The molecule has 2 aromatic rings. The van der Waals surface area contributed by atoms with Crippen molar-refractivity contribution in [3.05, 3.63) is 47.7 Å². The minimum Gasteiger partial charge on any atom is -0.481 e. The maximum atomic E-state index is 12.8. The molecule has 0 radical (unpaired) electrons. The van der Waals surface area contributed by atoms with E-state index in [2.05, 4.69) is 0 Å². The average molecular weight is 369 g/mol. The zero-order valence-electron chi connectivity index (χ0n) is 15.7. The third kappa shape index (κ3) is 3.39. The van der Waals surface area contributed by atoms with Crippen LogP contribution < -0.4 is 0 Å². The second kappa shape index (κ2) is 7.02. The van der Waals surface area contributed by atoms with Crippen LogP contribution in [-0.4, -0.2) is 40.8 Å². The number of carboxylic acid groups (broad SMARTS) is 1. The van der Waals surface area contributed by atoms with Crippen molar-refractivity contribution in [2.45, 2.75) is 27.2 Å². The summed E-state index contributed by atoms with van der Waals surface area (Å²) in [6.07, 6.45) is 0.436. The van der Waals surface area contributed by atoms with Crippen molar-refractivity contribution < 1.29 is 23.9 Å². The maximum Gasteiger partial charge on any atom is 0.311 e. The molecule has 1 unspecified atom stereocenters. The smallest absolute Gasteiger partial charge is 0.311 e. The Morgan fingerprint density at radius 3 is 2.30 bits per heavy atom. The van der Waals surface area contributed by atoms with E-state index in [0.717, 1.165) is 5.56 Å². The van der Waals surface area contributed by atoms with Crippen LogP contribution in [0.5, 0.6) is 0 Å². The summed E-state index contributed by atoms with van der Waals surface area (Å²) < 4.78 is 5.71. The molecule has 3 rings (SSSR count). The fourth-order valence-corrected chi connectivity index (χ4v) is 3.53. The second-order valence-corrected chi connectivity index (χ2v) is 7.39. The Balaban J connectivity index is 1.78. The van der Waals surface area contributed by atoms with E-state index in [1.807, 2.05) is 13.8 Å². The third-order valence-electron chi connectivity index (χ3n) is 5.51. The van der Waals surface area contributed by atoms with Crippen LogP contribution in [-0.2, 0) is 4.79 Å². The molecule has 2 heterocycles. The molecule has 1 aromatic carbocycles. The largest absolute Gasteiger partial charge is 0.481 e. The Bertz CT molecular complexity index is 880. The number of benzene rings is 1. The van der Waals surface area contributed by atoms with Gasteiger partial charge >= 0.3 is 5.97 Å². The highest BCUT2D eigenvalue weighted by atomic mass is 16.4. The predicted molar refractivity (Wildman–Crippen MR) is 99.6 cm³/mol. The van der Waals surface area contributed by atoms with Crippen molar-refractivity contribution in [2.75, 3.05) is 13.1 Å². The summed E-state index contributed by atoms with van der Waals surface area (Å²) in [6.45, 7) is 5.83. The number of likely N-dealkylation sites (tertiary alicyclic amines) is 1. The Morgan fingerprint density at radius 1 is 1.11 bits per heavy atom. The molecule has 1 fully saturated rings. The van der Waals surface area contributed by atoms with Crippen LogP contribution >= 0.6 is 0 Å². The maximum absolute atomic E-state index is 12.8. The topological polar surface area (TPSA) is 87.8 Å². The van der Waals surface area contributed by atoms with Gasteiger partial charge in [-0.2, -0.15) is 0 Å². The number of hydrogen-bond acceptors (Lipinski definition) is 4. The SMILES string of the molecule is CC(=O)c1ccc(-c2ccc(C(=O)N3CCC(C(=O)O)(C(C)C)C3)o2)cc1. The van der Waals surface area contributed by atoms with E-state index in [0.29, 0.717) is 24.3 Å². The molecule has 1 saturated heterocycles. The quantitative estimate of drug-likeness (QED) is 0.812. The first-order valence-corrected chi connectivity index (χ1v) is 8.98. The lowest BCUT2D eigenvalue weighted by Crippen LogP contribution is -2.40. The third-order valence-corrected chi connectivity index (χ3v) is 5.51. The Kier molecular flexibility index (Phi) is 4.91. The second-order valence-electron chi connectivity index (χ2n) is 7.39. The van der Waals surface area contributed by atoms with Crippen LogP contribution in [0.1, 0.15) is 48.1 Å². The first kappa shape index (κ1) is 18.9. The molecule has 0 saturated carbocycles. The number of carbonyl (C=O) groups excluding carboxylic acids is 2. The number of carbonyl (C=O) groups is 3. The summed E-state index contributed by atoms with van der Waals surface area (Å²) in [7, 11) is 0. The lowest BCUT2D eigenvalue weighted by atomic mass is 9.76. The molecule has 6 heteroatoms. The standard InChI is InChI=1S/C21H23NO5/c1-13(2)21(20(25)26)10-11-22(12-21)19(24)18-9-8-17(27-18)16-6-4-15(5-7-16)14(3)23/h4-9,13H,10-12H2,1-3H3,(H,25,26). The molecule has 1 amide bonds. The molecule has 1 aliphatic heterocycles. The van der Waals surface area contributed by atoms with Gasteiger partial charge in [0.25, 0.3) is 5.91 Å². The van der Waals surface area contributed by atoms with Crippen LogP contribution in [0.4, 0.5) is 0 Å². The monoisotopic (exact) mass is 369 g/mol. The van der Waals surface area contributed by atoms with Gasteiger partial charge in [-0.15, -0.1) is 0 Å². The van der Waals surface area contributed by atoms with Crippen molar-refractivity contribution in [3.8, 4) is 11.3 Å². The average Bonchev–Trinajstić information content (AvgIpc) is 3.29. The van der Waals surface area contributed by atoms with E-state index in [4.69, 9.17) is 4.42 Å². The fraction of sp³-hybridized carbons (Fsp3) is 0.381. The molecular formula is C21H23NO5. The van der Waals surface area contributed by atoms with E-state index in [9.17, 15) is 19.5 Å². The molecular weight excluding hydrogens is 346 g/mol. The predicted octanol–water partition coefficient (Wildman–Crippen LogP) is 3.72. The van der Waals surface area contributed by atoms with Crippen LogP contribution in [0.15, 0.2) is 40.8 Å². The number of furan rings is 1. The highest BCUT2D eigenvalue weighted by molar-refractivity contribution is 5.95. The number of nitrogens with zero attached hydrogens (tertiary/aromatic N) is 1. The van der Waals surface area contributed by atoms with E-state index < -0.39 is 11.4 Å². The Morgan fingerprint density at radius 2 is 1.78 bits per heavy atom. The highest BCUT2D eigenvalue weighted by Crippen LogP contribution is 2.39. The van der Waals surface area contributed by atoms with Crippen molar-refractivity contribution in [1.29, 1.82) is 0 Å². The van der Waals surface area contributed by atoms with Crippen LogP contribution in [0.2, 0.25) is 0 Å². The minimum atomic E-state index is -0.909. The van der Waals surface area contributed by atoms with Gasteiger partial charge in [-0.25, -0.2) is 0 Å². The molecule has 1 N–H and O–H groups in total. The number of rotatable bonds is 5. The van der Waals surface area contributed by atoms with Gasteiger partial charge in [-0.1, -0.05) is 38.1 Å². The van der Waals surface area contributed by atoms with Crippen LogP contribution in [0, 0.1) is 11.3 Å². The van der Waals surface area contributed by atoms with Gasteiger partial charge in [-0.05, 0) is 31.4 Å². The summed E-state index contributed by atoms with van der Waals surface area (Å²) in [5.41, 5.74) is 0.466. The lowest BCUT2D eigenvalue weighted by Gasteiger charge is -2.28. The van der Waals surface area contributed by atoms with E-state index in [-0.39, 0.29) is 29.9 Å². The van der Waals surface area contributed by atoms with Gasteiger partial charge < -0.3 is 14.4 Å². The first-order valence-electron chi connectivity index (χ1n) is 8.98. The summed E-state index contributed by atoms with van der Waals surface area (Å²) in [5.74, 6) is -0.534. The highest BCUT2D eigenvalue weighted by Gasteiger charge is 2.48. The lowest BCUT2D eigenvalue weighted by molar-refractivity contribution is -0.150. The normalized spacial score (nSPS) is 19.5.